The molecule has 41 heavy (non-hydrogen) atoms. The summed E-state index contributed by atoms with van der Waals surface area (Å²) < 4.78 is 35.6. The third-order valence-electron chi connectivity index (χ3n) is 6.22. The van der Waals surface area contributed by atoms with E-state index in [0.29, 0.717) is 51.5 Å². The molecule has 12 nitrogen and oxygen atoms in total. The topological polar surface area (TPSA) is 144 Å². The lowest BCUT2D eigenvalue weighted by Crippen LogP contribution is -2.45. The number of unbranched alkanes of at least 4 members (excludes halogenated alkanes) is 6. The van der Waals surface area contributed by atoms with Crippen LogP contribution in [-0.4, -0.2) is 85.3 Å². The minimum Gasteiger partial charge on any atom is -0.374 e. The van der Waals surface area contributed by atoms with Gasteiger partial charge < -0.3 is 42.9 Å². The van der Waals surface area contributed by atoms with Crippen LogP contribution in [0.5, 0.6) is 0 Å². The van der Waals surface area contributed by atoms with Crippen LogP contribution >= 0.6 is 0 Å². The van der Waals surface area contributed by atoms with E-state index in [1.807, 2.05) is 41.5 Å². The minimum atomic E-state index is -2.54. The Balaban J connectivity index is 2.32. The first-order valence-electron chi connectivity index (χ1n) is 15.7. The van der Waals surface area contributed by atoms with Gasteiger partial charge in [0.1, 0.15) is 0 Å². The highest BCUT2D eigenvalue weighted by molar-refractivity contribution is 6.61. The number of hydrogen-bond acceptors (Lipinski definition) is 12. The molecule has 0 spiro atoms. The van der Waals surface area contributed by atoms with Crippen LogP contribution in [0.15, 0.2) is 0 Å². The van der Waals surface area contributed by atoms with E-state index in [0.717, 1.165) is 76.5 Å². The summed E-state index contributed by atoms with van der Waals surface area (Å²) in [6.07, 6.45) is 8.37. The minimum absolute atomic E-state index is 0.207. The van der Waals surface area contributed by atoms with Gasteiger partial charge in [-0.25, -0.2) is 0 Å². The van der Waals surface area contributed by atoms with Gasteiger partial charge >= 0.3 is 17.6 Å². The first-order chi connectivity index (χ1) is 19.9. The van der Waals surface area contributed by atoms with Crippen molar-refractivity contribution in [1.82, 2.24) is 15.0 Å². The van der Waals surface area contributed by atoms with Crippen LogP contribution in [-0.2, 0) is 26.6 Å². The highest BCUT2D eigenvalue weighted by Gasteiger charge is 2.40. The Hall–Kier alpha value is -1.40. The molecular formula is C27H58N6O6Si2. The molecule has 0 aliphatic heterocycles. The molecule has 1 rings (SSSR count). The molecule has 0 saturated heterocycles. The summed E-state index contributed by atoms with van der Waals surface area (Å²) in [5.41, 5.74) is 5.92. The number of nitrogen functional groups attached to an aromatic ring is 1. The summed E-state index contributed by atoms with van der Waals surface area (Å²) in [6.45, 7) is 17.2. The van der Waals surface area contributed by atoms with Gasteiger partial charge in [0.15, 0.2) is 0 Å². The Kier molecular flexibility index (Phi) is 21.2. The molecular weight excluding hydrogens is 561 g/mol. The molecule has 0 unspecified atom stereocenters. The third kappa shape index (κ3) is 16.1. The van der Waals surface area contributed by atoms with E-state index in [1.54, 1.807) is 0 Å². The number of anilines is 3. The molecule has 0 bridgehead atoms. The van der Waals surface area contributed by atoms with Crippen molar-refractivity contribution in [3.8, 4) is 0 Å². The van der Waals surface area contributed by atoms with Crippen LogP contribution in [0.25, 0.3) is 0 Å². The van der Waals surface area contributed by atoms with Gasteiger partial charge in [-0.3, -0.25) is 0 Å². The molecule has 240 valence electrons. The molecule has 0 atom stereocenters. The molecule has 0 aromatic carbocycles. The van der Waals surface area contributed by atoms with Gasteiger partial charge in [-0.2, -0.15) is 15.0 Å². The smallest absolute Gasteiger partial charge is 0.374 e. The fourth-order valence-corrected chi connectivity index (χ4v) is 9.96. The Morgan fingerprint density at radius 3 is 1.12 bits per heavy atom. The quantitative estimate of drug-likeness (QED) is 0.0806. The van der Waals surface area contributed by atoms with E-state index in [-0.39, 0.29) is 5.95 Å². The van der Waals surface area contributed by atoms with E-state index in [4.69, 9.17) is 32.3 Å². The van der Waals surface area contributed by atoms with Gasteiger partial charge in [-0.15, -0.1) is 0 Å². The fourth-order valence-electron chi connectivity index (χ4n) is 4.59. The Bertz CT molecular complexity index is 694. The Labute approximate surface area is 250 Å². The van der Waals surface area contributed by atoms with Crippen LogP contribution in [0.4, 0.5) is 17.8 Å². The zero-order chi connectivity index (χ0) is 30.2. The molecule has 4 N–H and O–H groups in total. The lowest BCUT2D eigenvalue weighted by molar-refractivity contribution is 0.0698. The summed E-state index contributed by atoms with van der Waals surface area (Å²) >= 11 is 0. The van der Waals surface area contributed by atoms with Crippen LogP contribution in [0, 0.1) is 0 Å². The number of nitrogens with two attached hydrogens (primary N) is 1. The van der Waals surface area contributed by atoms with E-state index < -0.39 is 17.6 Å². The highest BCUT2D eigenvalue weighted by Crippen LogP contribution is 2.21. The van der Waals surface area contributed by atoms with Gasteiger partial charge in [-0.1, -0.05) is 25.7 Å². The number of nitrogens with zero attached hydrogens (tertiary/aromatic N) is 3. The fraction of sp³-hybridized carbons (Fsp3) is 0.889. The van der Waals surface area contributed by atoms with Gasteiger partial charge in [0, 0.05) is 64.8 Å². The third-order valence-corrected chi connectivity index (χ3v) is 12.5. The molecule has 0 saturated carbocycles. The molecule has 0 amide bonds. The number of aromatic nitrogens is 3. The zero-order valence-corrected chi connectivity index (χ0v) is 28.6. The van der Waals surface area contributed by atoms with E-state index in [9.17, 15) is 0 Å². The van der Waals surface area contributed by atoms with Crippen LogP contribution in [0.3, 0.4) is 0 Å². The molecule has 1 aromatic heterocycles. The van der Waals surface area contributed by atoms with Crippen molar-refractivity contribution in [2.24, 2.45) is 0 Å². The number of nitrogens with one attached hydrogen (secondary N) is 2. The molecule has 0 fully saturated rings. The van der Waals surface area contributed by atoms with Gasteiger partial charge in [-0.05, 0) is 67.2 Å². The number of rotatable bonds is 28. The Morgan fingerprint density at radius 1 is 0.488 bits per heavy atom. The van der Waals surface area contributed by atoms with Crippen molar-refractivity contribution < 1.29 is 26.6 Å². The normalized spacial score (nSPS) is 12.1. The van der Waals surface area contributed by atoms with E-state index >= 15 is 0 Å². The highest BCUT2D eigenvalue weighted by atomic mass is 28.4. The maximum absolute atomic E-state index is 5.94. The maximum atomic E-state index is 5.94. The molecule has 1 heterocycles. The van der Waals surface area contributed by atoms with Crippen molar-refractivity contribution in [3.63, 3.8) is 0 Å². The SMILES string of the molecule is CCO[Si](CCCCCCNc1nc(N)nc(NCCCCCC[Si](OCC)(OCC)OCC)n1)(OCC)OCC. The molecule has 14 heteroatoms. The zero-order valence-electron chi connectivity index (χ0n) is 26.6. The summed E-state index contributed by atoms with van der Waals surface area (Å²) in [4.78, 5) is 12.9. The first-order valence-corrected chi connectivity index (χ1v) is 19.6. The standard InChI is InChI=1S/C27H58N6O6Si2/c1-7-34-40(35-8-2,36-9-3)23-19-15-13-17-21-29-26-31-25(28)32-27(33-26)30-22-18-14-16-20-24-41(37-10-4,38-11-5)39-12-6/h7-24H2,1-6H3,(H4,28,29,30,31,32,33). The van der Waals surface area contributed by atoms with E-state index in [2.05, 4.69) is 25.6 Å². The first kappa shape index (κ1) is 37.6. The second-order valence-corrected chi connectivity index (χ2v) is 15.0. The van der Waals surface area contributed by atoms with Crippen molar-refractivity contribution in [2.45, 2.75) is 105 Å². The monoisotopic (exact) mass is 618 g/mol. The van der Waals surface area contributed by atoms with Crippen molar-refractivity contribution >= 4 is 35.5 Å². The summed E-state index contributed by atoms with van der Waals surface area (Å²) in [7, 11) is -5.09. The average Bonchev–Trinajstić information content (AvgIpc) is 2.93. The van der Waals surface area contributed by atoms with Gasteiger partial charge in [0.25, 0.3) is 0 Å². The summed E-state index contributed by atoms with van der Waals surface area (Å²) in [5.74, 6) is 1.21. The Morgan fingerprint density at radius 2 is 0.805 bits per heavy atom. The van der Waals surface area contributed by atoms with E-state index in [1.165, 1.54) is 0 Å². The van der Waals surface area contributed by atoms with Gasteiger partial charge in [0.05, 0.1) is 0 Å². The molecule has 0 radical (unpaired) electrons. The lowest BCUT2D eigenvalue weighted by atomic mass is 10.2. The lowest BCUT2D eigenvalue weighted by Gasteiger charge is -2.28. The average molecular weight is 619 g/mol. The van der Waals surface area contributed by atoms with Crippen molar-refractivity contribution in [1.29, 1.82) is 0 Å². The largest absolute Gasteiger partial charge is 0.500 e. The van der Waals surface area contributed by atoms with Gasteiger partial charge in [0.2, 0.25) is 17.8 Å². The van der Waals surface area contributed by atoms with Crippen LogP contribution in [0.2, 0.25) is 12.1 Å². The van der Waals surface area contributed by atoms with Crippen molar-refractivity contribution in [2.75, 3.05) is 69.1 Å². The second kappa shape index (κ2) is 23.1. The molecule has 1 aromatic rings. The summed E-state index contributed by atoms with van der Waals surface area (Å²) in [5, 5.41) is 6.56. The molecule has 0 aliphatic rings. The molecule has 0 aliphatic carbocycles. The summed E-state index contributed by atoms with van der Waals surface area (Å²) in [6, 6.07) is 1.70. The predicted octanol–water partition coefficient (Wildman–Crippen LogP) is 5.50. The van der Waals surface area contributed by atoms with Crippen LogP contribution < -0.4 is 16.4 Å². The second-order valence-electron chi connectivity index (χ2n) is 9.49. The maximum Gasteiger partial charge on any atom is 0.500 e. The predicted molar refractivity (Wildman–Crippen MR) is 169 cm³/mol. The van der Waals surface area contributed by atoms with Crippen LogP contribution in [0.1, 0.15) is 92.9 Å². The van der Waals surface area contributed by atoms with Crippen molar-refractivity contribution in [3.05, 3.63) is 0 Å². The number of hydrogen-bond donors (Lipinski definition) is 3.